The lowest BCUT2D eigenvalue weighted by atomic mass is 10.2. The summed E-state index contributed by atoms with van der Waals surface area (Å²) >= 11 is 1.75. The molecule has 0 aliphatic carbocycles. The van der Waals surface area contributed by atoms with Crippen molar-refractivity contribution in [2.75, 3.05) is 12.3 Å². The zero-order valence-corrected chi connectivity index (χ0v) is 11.2. The van der Waals surface area contributed by atoms with Crippen LogP contribution in [0.1, 0.15) is 5.56 Å². The van der Waals surface area contributed by atoms with Crippen molar-refractivity contribution in [3.8, 4) is 0 Å². The summed E-state index contributed by atoms with van der Waals surface area (Å²) in [4.78, 5) is 1.22. The molecule has 1 N–H and O–H groups in total. The number of hydrogen-bond donors (Lipinski definition) is 1. The van der Waals surface area contributed by atoms with Crippen LogP contribution in [0, 0.1) is 11.6 Å². The van der Waals surface area contributed by atoms with Crippen molar-refractivity contribution in [3.63, 3.8) is 0 Å². The second-order valence-corrected chi connectivity index (χ2v) is 5.28. The maximum atomic E-state index is 13.0. The SMILES string of the molecule is Fc1cc(F)cc(CNCCSc2ccccc2)c1. The van der Waals surface area contributed by atoms with Crippen LogP contribution in [0.5, 0.6) is 0 Å². The predicted molar refractivity (Wildman–Crippen MR) is 75.2 cm³/mol. The highest BCUT2D eigenvalue weighted by molar-refractivity contribution is 7.99. The third-order valence-electron chi connectivity index (χ3n) is 2.54. The Morgan fingerprint density at radius 1 is 0.947 bits per heavy atom. The molecule has 0 bridgehead atoms. The monoisotopic (exact) mass is 279 g/mol. The Morgan fingerprint density at radius 2 is 1.63 bits per heavy atom. The third-order valence-corrected chi connectivity index (χ3v) is 3.56. The van der Waals surface area contributed by atoms with E-state index < -0.39 is 11.6 Å². The van der Waals surface area contributed by atoms with Crippen molar-refractivity contribution < 1.29 is 8.78 Å². The summed E-state index contributed by atoms with van der Waals surface area (Å²) in [5.74, 6) is -0.145. The molecule has 1 nitrogen and oxygen atoms in total. The molecule has 0 aliphatic heterocycles. The van der Waals surface area contributed by atoms with Gasteiger partial charge in [0.05, 0.1) is 0 Å². The first kappa shape index (κ1) is 14.0. The van der Waals surface area contributed by atoms with E-state index in [4.69, 9.17) is 0 Å². The molecule has 0 saturated carbocycles. The molecule has 0 spiro atoms. The molecule has 19 heavy (non-hydrogen) atoms. The van der Waals surface area contributed by atoms with Gasteiger partial charge < -0.3 is 5.32 Å². The fraction of sp³-hybridized carbons (Fsp3) is 0.200. The molecule has 4 heteroatoms. The number of benzene rings is 2. The van der Waals surface area contributed by atoms with Gasteiger partial charge in [-0.2, -0.15) is 0 Å². The lowest BCUT2D eigenvalue weighted by Gasteiger charge is -2.05. The Labute approximate surface area is 116 Å². The van der Waals surface area contributed by atoms with Crippen LogP contribution < -0.4 is 5.32 Å². The fourth-order valence-corrected chi connectivity index (χ4v) is 2.54. The van der Waals surface area contributed by atoms with Gasteiger partial charge in [0.1, 0.15) is 11.6 Å². The van der Waals surface area contributed by atoms with E-state index >= 15 is 0 Å². The van der Waals surface area contributed by atoms with Gasteiger partial charge in [0.2, 0.25) is 0 Å². The molecule has 100 valence electrons. The average Bonchev–Trinajstić information content (AvgIpc) is 2.38. The third kappa shape index (κ3) is 5.01. The van der Waals surface area contributed by atoms with Crippen molar-refractivity contribution in [1.82, 2.24) is 5.32 Å². The van der Waals surface area contributed by atoms with Crippen LogP contribution in [-0.2, 0) is 6.54 Å². The van der Waals surface area contributed by atoms with Gasteiger partial charge in [-0.15, -0.1) is 11.8 Å². The van der Waals surface area contributed by atoms with Crippen LogP contribution >= 0.6 is 11.8 Å². The fourth-order valence-electron chi connectivity index (χ4n) is 1.70. The van der Waals surface area contributed by atoms with Gasteiger partial charge in [-0.05, 0) is 29.8 Å². The van der Waals surface area contributed by atoms with Crippen molar-refractivity contribution in [1.29, 1.82) is 0 Å². The Bertz CT molecular complexity index is 497. The van der Waals surface area contributed by atoms with E-state index in [0.717, 1.165) is 18.4 Å². The standard InChI is InChI=1S/C15H15F2NS/c16-13-8-12(9-14(17)10-13)11-18-6-7-19-15-4-2-1-3-5-15/h1-5,8-10,18H,6-7,11H2. The Balaban J connectivity index is 1.69. The maximum absolute atomic E-state index is 13.0. The van der Waals surface area contributed by atoms with Gasteiger partial charge in [-0.25, -0.2) is 8.78 Å². The first-order valence-electron chi connectivity index (χ1n) is 6.07. The lowest BCUT2D eigenvalue weighted by Crippen LogP contribution is -2.16. The molecular formula is C15H15F2NS. The highest BCUT2D eigenvalue weighted by atomic mass is 32.2. The van der Waals surface area contributed by atoms with E-state index in [1.807, 2.05) is 18.2 Å². The Kier molecular flexibility index (Phi) is 5.36. The molecule has 2 aromatic carbocycles. The number of rotatable bonds is 6. The highest BCUT2D eigenvalue weighted by Crippen LogP contribution is 2.15. The number of thioether (sulfide) groups is 1. The highest BCUT2D eigenvalue weighted by Gasteiger charge is 2.00. The second kappa shape index (κ2) is 7.26. The van der Waals surface area contributed by atoms with Gasteiger partial charge in [-0.1, -0.05) is 18.2 Å². The zero-order valence-electron chi connectivity index (χ0n) is 10.4. The first-order chi connectivity index (χ1) is 9.24. The maximum Gasteiger partial charge on any atom is 0.126 e. The molecule has 0 heterocycles. The molecule has 2 rings (SSSR count). The summed E-state index contributed by atoms with van der Waals surface area (Å²) in [6.07, 6.45) is 0. The van der Waals surface area contributed by atoms with Gasteiger partial charge in [0, 0.05) is 29.8 Å². The van der Waals surface area contributed by atoms with Crippen molar-refractivity contribution in [3.05, 3.63) is 65.7 Å². The summed E-state index contributed by atoms with van der Waals surface area (Å²) in [5.41, 5.74) is 0.627. The van der Waals surface area contributed by atoms with Gasteiger partial charge in [-0.3, -0.25) is 0 Å². The summed E-state index contributed by atoms with van der Waals surface area (Å²) < 4.78 is 25.9. The molecule has 0 radical (unpaired) electrons. The number of halogens is 2. The molecule has 0 amide bonds. The minimum absolute atomic E-state index is 0.476. The second-order valence-electron chi connectivity index (χ2n) is 4.12. The van der Waals surface area contributed by atoms with E-state index in [1.54, 1.807) is 11.8 Å². The van der Waals surface area contributed by atoms with Gasteiger partial charge >= 0.3 is 0 Å². The van der Waals surface area contributed by atoms with Crippen molar-refractivity contribution in [2.45, 2.75) is 11.4 Å². The average molecular weight is 279 g/mol. The van der Waals surface area contributed by atoms with Crippen LogP contribution in [0.2, 0.25) is 0 Å². The molecule has 0 fully saturated rings. The molecule has 2 aromatic rings. The molecule has 0 aromatic heterocycles. The smallest absolute Gasteiger partial charge is 0.126 e. The van der Waals surface area contributed by atoms with Crippen molar-refractivity contribution in [2.24, 2.45) is 0 Å². The van der Waals surface area contributed by atoms with E-state index in [1.165, 1.54) is 17.0 Å². The van der Waals surface area contributed by atoms with Gasteiger partial charge in [0.15, 0.2) is 0 Å². The predicted octanol–water partition coefficient (Wildman–Crippen LogP) is 3.85. The van der Waals surface area contributed by atoms with Crippen LogP contribution in [-0.4, -0.2) is 12.3 Å². The van der Waals surface area contributed by atoms with E-state index in [9.17, 15) is 8.78 Å². The van der Waals surface area contributed by atoms with E-state index in [-0.39, 0.29) is 0 Å². The van der Waals surface area contributed by atoms with E-state index in [2.05, 4.69) is 17.4 Å². The van der Waals surface area contributed by atoms with Crippen LogP contribution in [0.3, 0.4) is 0 Å². The van der Waals surface area contributed by atoms with Gasteiger partial charge in [0.25, 0.3) is 0 Å². The van der Waals surface area contributed by atoms with Crippen molar-refractivity contribution >= 4 is 11.8 Å². The van der Waals surface area contributed by atoms with Crippen LogP contribution in [0.15, 0.2) is 53.4 Å². The minimum Gasteiger partial charge on any atom is -0.312 e. The zero-order chi connectivity index (χ0) is 13.5. The topological polar surface area (TPSA) is 12.0 Å². The quantitative estimate of drug-likeness (QED) is 0.637. The molecular weight excluding hydrogens is 264 g/mol. The molecule has 0 saturated heterocycles. The number of nitrogens with one attached hydrogen (secondary N) is 1. The Hall–Kier alpha value is -1.39. The summed E-state index contributed by atoms with van der Waals surface area (Å²) in [6.45, 7) is 1.27. The minimum atomic E-state index is -0.532. The molecule has 0 atom stereocenters. The largest absolute Gasteiger partial charge is 0.312 e. The molecule has 0 unspecified atom stereocenters. The van der Waals surface area contributed by atoms with Crippen LogP contribution in [0.4, 0.5) is 8.78 Å². The normalized spacial score (nSPS) is 10.6. The summed E-state index contributed by atoms with van der Waals surface area (Å²) in [5, 5.41) is 3.17. The molecule has 0 aliphatic rings. The lowest BCUT2D eigenvalue weighted by molar-refractivity contribution is 0.576. The number of hydrogen-bond acceptors (Lipinski definition) is 2. The van der Waals surface area contributed by atoms with E-state index in [0.29, 0.717) is 12.1 Å². The summed E-state index contributed by atoms with van der Waals surface area (Å²) in [6, 6.07) is 13.7. The van der Waals surface area contributed by atoms with Crippen LogP contribution in [0.25, 0.3) is 0 Å². The Morgan fingerprint density at radius 3 is 2.32 bits per heavy atom. The first-order valence-corrected chi connectivity index (χ1v) is 7.06. The summed E-state index contributed by atoms with van der Waals surface area (Å²) in [7, 11) is 0.